The van der Waals surface area contributed by atoms with Crippen molar-refractivity contribution in [1.29, 1.82) is 0 Å². The van der Waals surface area contributed by atoms with Crippen LogP contribution in [0.25, 0.3) is 0 Å². The summed E-state index contributed by atoms with van der Waals surface area (Å²) < 4.78 is 0. The molecule has 0 nitrogen and oxygen atoms in total. The summed E-state index contributed by atoms with van der Waals surface area (Å²) in [5.74, 6) is 5.49. The second-order valence-electron chi connectivity index (χ2n) is 4.36. The maximum absolute atomic E-state index is 3.88. The van der Waals surface area contributed by atoms with Crippen molar-refractivity contribution in [2.75, 3.05) is 0 Å². The van der Waals surface area contributed by atoms with Crippen LogP contribution >= 0.6 is 0 Å². The smallest absolute Gasteiger partial charge is 0.0202 e. The molecule has 5 atom stereocenters. The first-order valence-electron chi connectivity index (χ1n) is 4.52. The van der Waals surface area contributed by atoms with Crippen LogP contribution < -0.4 is 0 Å². The zero-order valence-electron chi connectivity index (χ0n) is 6.29. The minimum atomic E-state index is 0.915. The van der Waals surface area contributed by atoms with Gasteiger partial charge in [-0.15, -0.1) is 6.58 Å². The molecule has 0 saturated heterocycles. The van der Waals surface area contributed by atoms with E-state index in [9.17, 15) is 0 Å². The van der Waals surface area contributed by atoms with Gasteiger partial charge in [0.25, 0.3) is 0 Å². The van der Waals surface area contributed by atoms with Crippen LogP contribution in [0.5, 0.6) is 0 Å². The van der Waals surface area contributed by atoms with Crippen LogP contribution in [0.1, 0.15) is 19.3 Å². The Hall–Kier alpha value is -0.260. The predicted octanol–water partition coefficient (Wildman–Crippen LogP) is 2.46. The Morgan fingerprint density at radius 2 is 1.80 bits per heavy atom. The van der Waals surface area contributed by atoms with E-state index >= 15 is 0 Å². The minimum absolute atomic E-state index is 0.915. The van der Waals surface area contributed by atoms with E-state index in [-0.39, 0.29) is 0 Å². The van der Waals surface area contributed by atoms with Crippen molar-refractivity contribution < 1.29 is 0 Å². The van der Waals surface area contributed by atoms with Crippen LogP contribution in [0.2, 0.25) is 0 Å². The summed E-state index contributed by atoms with van der Waals surface area (Å²) in [6.45, 7) is 3.88. The van der Waals surface area contributed by atoms with Crippen molar-refractivity contribution in [2.45, 2.75) is 19.3 Å². The lowest BCUT2D eigenvalue weighted by atomic mass is 9.64. The molecule has 0 heteroatoms. The summed E-state index contributed by atoms with van der Waals surface area (Å²) in [7, 11) is 0. The van der Waals surface area contributed by atoms with Gasteiger partial charge < -0.3 is 0 Å². The average Bonchev–Trinajstić information content (AvgIpc) is 2.57. The Bertz CT molecular complexity index is 182. The molecule has 0 bridgehead atoms. The maximum atomic E-state index is 3.88. The highest BCUT2D eigenvalue weighted by molar-refractivity contribution is 5.12. The largest absolute Gasteiger partial charge is 0.103 e. The first-order chi connectivity index (χ1) is 4.90. The van der Waals surface area contributed by atoms with Gasteiger partial charge in [0.15, 0.2) is 0 Å². The zero-order chi connectivity index (χ0) is 6.72. The minimum Gasteiger partial charge on any atom is -0.103 e. The molecule has 0 heterocycles. The van der Waals surface area contributed by atoms with Crippen molar-refractivity contribution in [3.8, 4) is 0 Å². The summed E-state index contributed by atoms with van der Waals surface area (Å²) in [5, 5.41) is 0. The van der Waals surface area contributed by atoms with E-state index in [4.69, 9.17) is 0 Å². The van der Waals surface area contributed by atoms with E-state index in [2.05, 4.69) is 12.7 Å². The summed E-state index contributed by atoms with van der Waals surface area (Å²) in [4.78, 5) is 0. The van der Waals surface area contributed by atoms with Gasteiger partial charge in [-0.25, -0.2) is 0 Å². The first kappa shape index (κ1) is 5.40. The summed E-state index contributed by atoms with van der Waals surface area (Å²) in [5.41, 5.74) is 0. The molecule has 0 N–H and O–H groups in total. The molecule has 0 aromatic carbocycles. The van der Waals surface area contributed by atoms with Gasteiger partial charge in [-0.2, -0.15) is 0 Å². The summed E-state index contributed by atoms with van der Waals surface area (Å²) in [6, 6.07) is 0. The molecular formula is C10H14. The van der Waals surface area contributed by atoms with Gasteiger partial charge in [0.2, 0.25) is 0 Å². The van der Waals surface area contributed by atoms with Crippen LogP contribution in [-0.4, -0.2) is 0 Å². The third-order valence-electron chi connectivity index (χ3n) is 4.05. The number of hydrogen-bond acceptors (Lipinski definition) is 0. The molecule has 3 aliphatic carbocycles. The third-order valence-corrected chi connectivity index (χ3v) is 4.05. The van der Waals surface area contributed by atoms with Gasteiger partial charge in [0.05, 0.1) is 0 Å². The molecule has 0 aromatic rings. The molecule has 10 heavy (non-hydrogen) atoms. The van der Waals surface area contributed by atoms with Gasteiger partial charge in [0.1, 0.15) is 0 Å². The van der Waals surface area contributed by atoms with Crippen LogP contribution in [0.3, 0.4) is 0 Å². The van der Waals surface area contributed by atoms with Crippen LogP contribution in [0, 0.1) is 29.6 Å². The Balaban J connectivity index is 1.79. The summed E-state index contributed by atoms with van der Waals surface area (Å²) in [6.07, 6.45) is 6.79. The highest BCUT2D eigenvalue weighted by Crippen LogP contribution is 2.67. The molecule has 0 radical (unpaired) electrons. The van der Waals surface area contributed by atoms with E-state index in [0.717, 1.165) is 17.8 Å². The first-order valence-corrected chi connectivity index (χ1v) is 4.52. The molecule has 0 aromatic heterocycles. The van der Waals surface area contributed by atoms with Crippen molar-refractivity contribution in [1.82, 2.24) is 0 Å². The number of hydrogen-bond donors (Lipinski definition) is 0. The number of rotatable bonds is 1. The Morgan fingerprint density at radius 3 is 2.50 bits per heavy atom. The van der Waals surface area contributed by atoms with E-state index in [1.165, 1.54) is 18.3 Å². The second kappa shape index (κ2) is 1.49. The van der Waals surface area contributed by atoms with Crippen LogP contribution in [0.15, 0.2) is 12.7 Å². The molecule has 54 valence electrons. The molecule has 3 fully saturated rings. The van der Waals surface area contributed by atoms with E-state index < -0.39 is 0 Å². The topological polar surface area (TPSA) is 0 Å². The lowest BCUT2D eigenvalue weighted by Gasteiger charge is -2.40. The van der Waals surface area contributed by atoms with Gasteiger partial charge in [-0.05, 0) is 48.9 Å². The number of allylic oxidation sites excluding steroid dienone is 1. The predicted molar refractivity (Wildman–Crippen MR) is 41.5 cm³/mol. The summed E-state index contributed by atoms with van der Waals surface area (Å²) >= 11 is 0. The molecule has 3 saturated carbocycles. The lowest BCUT2D eigenvalue weighted by Crippen LogP contribution is -2.33. The SMILES string of the molecule is C=CC1CC2C3CC3C[C@@H]12. The van der Waals surface area contributed by atoms with Crippen LogP contribution in [0.4, 0.5) is 0 Å². The van der Waals surface area contributed by atoms with Crippen molar-refractivity contribution in [2.24, 2.45) is 29.6 Å². The molecule has 3 rings (SSSR count). The fraction of sp³-hybridized carbons (Fsp3) is 0.800. The maximum Gasteiger partial charge on any atom is -0.0202 e. The molecule has 0 amide bonds. The van der Waals surface area contributed by atoms with Gasteiger partial charge in [-0.3, -0.25) is 0 Å². The quantitative estimate of drug-likeness (QED) is 0.483. The van der Waals surface area contributed by atoms with Crippen molar-refractivity contribution >= 4 is 0 Å². The normalized spacial score (nSPS) is 62.2. The lowest BCUT2D eigenvalue weighted by molar-refractivity contribution is 0.116. The van der Waals surface area contributed by atoms with E-state index in [0.29, 0.717) is 0 Å². The highest BCUT2D eigenvalue weighted by atomic mass is 14.6. The number of fused-ring (bicyclic) bond motifs is 3. The Morgan fingerprint density at radius 1 is 1.00 bits per heavy atom. The standard InChI is InChI=1S/C10H14/c1-2-6-3-10-8(6)4-7-5-9(7)10/h2,6-10H,1,3-5H2/t6?,7?,8-,9?,10?/m0/s1. The monoisotopic (exact) mass is 134 g/mol. The third kappa shape index (κ3) is 0.457. The van der Waals surface area contributed by atoms with Gasteiger partial charge in [0, 0.05) is 0 Å². The Kier molecular flexibility index (Phi) is 0.805. The fourth-order valence-corrected chi connectivity index (χ4v) is 3.31. The van der Waals surface area contributed by atoms with Gasteiger partial charge >= 0.3 is 0 Å². The molecule has 0 aliphatic heterocycles. The second-order valence-corrected chi connectivity index (χ2v) is 4.36. The molecule has 3 aliphatic rings. The Labute approximate surface area is 62.3 Å². The highest BCUT2D eigenvalue weighted by Gasteiger charge is 2.59. The van der Waals surface area contributed by atoms with Crippen molar-refractivity contribution in [3.63, 3.8) is 0 Å². The van der Waals surface area contributed by atoms with E-state index in [1.54, 1.807) is 12.8 Å². The fourth-order valence-electron chi connectivity index (χ4n) is 3.31. The van der Waals surface area contributed by atoms with E-state index in [1.807, 2.05) is 0 Å². The zero-order valence-corrected chi connectivity index (χ0v) is 6.29. The molecular weight excluding hydrogens is 120 g/mol. The molecule has 0 spiro atoms. The van der Waals surface area contributed by atoms with Crippen LogP contribution in [-0.2, 0) is 0 Å². The van der Waals surface area contributed by atoms with Crippen molar-refractivity contribution in [3.05, 3.63) is 12.7 Å². The average molecular weight is 134 g/mol. The van der Waals surface area contributed by atoms with Gasteiger partial charge in [-0.1, -0.05) is 6.08 Å². The molecule has 4 unspecified atom stereocenters.